The summed E-state index contributed by atoms with van der Waals surface area (Å²) in [7, 11) is 0. The van der Waals surface area contributed by atoms with Crippen LogP contribution in [0.5, 0.6) is 0 Å². The van der Waals surface area contributed by atoms with Gasteiger partial charge in [0.05, 0.1) is 10.9 Å². The van der Waals surface area contributed by atoms with Crippen molar-refractivity contribution in [3.05, 3.63) is 70.3 Å². The Kier molecular flexibility index (Phi) is 4.23. The molecule has 2 aromatic rings. The summed E-state index contributed by atoms with van der Waals surface area (Å²) in [5.41, 5.74) is -0.935. The fourth-order valence-electron chi connectivity index (χ4n) is 1.91. The molecule has 21 heavy (non-hydrogen) atoms. The minimum Gasteiger partial charge on any atom is -0.207 e. The highest BCUT2D eigenvalue weighted by molar-refractivity contribution is 6.22. The monoisotopic (exact) mass is 320 g/mol. The number of hydrogen-bond acceptors (Lipinski definition) is 0. The fraction of sp³-hybridized carbons (Fsp3) is 0.200. The molecule has 2 aromatic carbocycles. The van der Waals surface area contributed by atoms with E-state index < -0.39 is 28.8 Å². The molecule has 0 N–H and O–H groups in total. The predicted molar refractivity (Wildman–Crippen MR) is 70.2 cm³/mol. The molecule has 0 aromatic heterocycles. The molecule has 0 aliphatic carbocycles. The van der Waals surface area contributed by atoms with Crippen molar-refractivity contribution >= 4 is 11.6 Å². The van der Waals surface area contributed by atoms with Gasteiger partial charge in [0.25, 0.3) is 0 Å². The first-order valence-electron chi connectivity index (χ1n) is 5.97. The van der Waals surface area contributed by atoms with Crippen LogP contribution in [0, 0.1) is 18.6 Å². The number of halogens is 6. The molecule has 0 saturated heterocycles. The summed E-state index contributed by atoms with van der Waals surface area (Å²) in [5, 5.41) is -1.21. The zero-order chi connectivity index (χ0) is 15.8. The quantitative estimate of drug-likeness (QED) is 0.497. The zero-order valence-electron chi connectivity index (χ0n) is 10.8. The average Bonchev–Trinajstić information content (AvgIpc) is 2.41. The lowest BCUT2D eigenvalue weighted by molar-refractivity contribution is -0.137. The van der Waals surface area contributed by atoms with Crippen molar-refractivity contribution in [3.63, 3.8) is 0 Å². The third-order valence-corrected chi connectivity index (χ3v) is 3.54. The molecule has 0 radical (unpaired) electrons. The Morgan fingerprint density at radius 3 is 2.29 bits per heavy atom. The van der Waals surface area contributed by atoms with Gasteiger partial charge in [-0.1, -0.05) is 12.1 Å². The first-order chi connectivity index (χ1) is 9.70. The van der Waals surface area contributed by atoms with E-state index in [4.69, 9.17) is 11.6 Å². The van der Waals surface area contributed by atoms with Crippen LogP contribution in [0.15, 0.2) is 36.4 Å². The van der Waals surface area contributed by atoms with Gasteiger partial charge < -0.3 is 0 Å². The molecule has 0 aliphatic heterocycles. The Hall–Kier alpha value is -1.62. The highest BCUT2D eigenvalue weighted by Crippen LogP contribution is 2.35. The predicted octanol–water partition coefficient (Wildman–Crippen LogP) is 5.62. The van der Waals surface area contributed by atoms with Crippen molar-refractivity contribution in [2.24, 2.45) is 0 Å². The topological polar surface area (TPSA) is 0 Å². The first-order valence-corrected chi connectivity index (χ1v) is 6.40. The van der Waals surface area contributed by atoms with Crippen LogP contribution in [-0.2, 0) is 6.18 Å². The van der Waals surface area contributed by atoms with E-state index in [0.29, 0.717) is 0 Å². The summed E-state index contributed by atoms with van der Waals surface area (Å²) in [4.78, 5) is 0. The van der Waals surface area contributed by atoms with Crippen molar-refractivity contribution in [1.29, 1.82) is 0 Å². The molecule has 112 valence electrons. The molecule has 0 spiro atoms. The summed E-state index contributed by atoms with van der Waals surface area (Å²) < 4.78 is 65.3. The van der Waals surface area contributed by atoms with Crippen LogP contribution in [0.4, 0.5) is 22.0 Å². The van der Waals surface area contributed by atoms with E-state index in [1.54, 1.807) is 0 Å². The smallest absolute Gasteiger partial charge is 0.207 e. The molecule has 6 heteroatoms. The Balaban J connectivity index is 2.45. The van der Waals surface area contributed by atoms with Gasteiger partial charge in [0.15, 0.2) is 0 Å². The van der Waals surface area contributed by atoms with Gasteiger partial charge in [-0.05, 0) is 42.3 Å². The number of hydrogen-bond donors (Lipinski definition) is 0. The van der Waals surface area contributed by atoms with Gasteiger partial charge >= 0.3 is 6.18 Å². The van der Waals surface area contributed by atoms with Crippen molar-refractivity contribution in [2.45, 2.75) is 18.5 Å². The Bertz CT molecular complexity index is 664. The SMILES string of the molecule is Cc1cc(F)c(C(Cl)c2cccc(C(F)(F)F)c2)cc1F. The summed E-state index contributed by atoms with van der Waals surface area (Å²) in [6.45, 7) is 1.38. The number of benzene rings is 2. The van der Waals surface area contributed by atoms with Crippen LogP contribution < -0.4 is 0 Å². The number of alkyl halides is 4. The summed E-state index contributed by atoms with van der Waals surface area (Å²) >= 11 is 6.01. The van der Waals surface area contributed by atoms with Gasteiger partial charge in [0.2, 0.25) is 0 Å². The van der Waals surface area contributed by atoms with Crippen molar-refractivity contribution in [3.8, 4) is 0 Å². The van der Waals surface area contributed by atoms with E-state index in [1.807, 2.05) is 0 Å². The highest BCUT2D eigenvalue weighted by atomic mass is 35.5. The van der Waals surface area contributed by atoms with Gasteiger partial charge in [0.1, 0.15) is 11.6 Å². The maximum Gasteiger partial charge on any atom is 0.416 e. The summed E-state index contributed by atoms with van der Waals surface area (Å²) in [6, 6.07) is 6.10. The molecule has 0 fully saturated rings. The second kappa shape index (κ2) is 5.64. The van der Waals surface area contributed by atoms with E-state index in [2.05, 4.69) is 0 Å². The zero-order valence-corrected chi connectivity index (χ0v) is 11.6. The van der Waals surface area contributed by atoms with Gasteiger partial charge in [-0.2, -0.15) is 13.2 Å². The lowest BCUT2D eigenvalue weighted by Gasteiger charge is -2.14. The van der Waals surface area contributed by atoms with E-state index in [-0.39, 0.29) is 16.7 Å². The van der Waals surface area contributed by atoms with Gasteiger partial charge in [-0.25, -0.2) is 8.78 Å². The fourth-order valence-corrected chi connectivity index (χ4v) is 2.21. The number of aryl methyl sites for hydroxylation is 1. The van der Waals surface area contributed by atoms with Gasteiger partial charge in [-0.15, -0.1) is 11.6 Å². The Morgan fingerprint density at radius 1 is 1.00 bits per heavy atom. The summed E-state index contributed by atoms with van der Waals surface area (Å²) in [6.07, 6.45) is -4.52. The second-order valence-corrected chi connectivity index (χ2v) is 5.05. The maximum absolute atomic E-state index is 13.8. The van der Waals surface area contributed by atoms with Crippen LogP contribution in [0.25, 0.3) is 0 Å². The van der Waals surface area contributed by atoms with E-state index in [9.17, 15) is 22.0 Å². The largest absolute Gasteiger partial charge is 0.416 e. The molecular weight excluding hydrogens is 311 g/mol. The van der Waals surface area contributed by atoms with E-state index >= 15 is 0 Å². The lowest BCUT2D eigenvalue weighted by atomic mass is 10.0. The minimum absolute atomic E-state index is 0.0497. The molecule has 0 aliphatic rings. The molecule has 0 heterocycles. The van der Waals surface area contributed by atoms with Crippen LogP contribution >= 0.6 is 11.6 Å². The van der Waals surface area contributed by atoms with E-state index in [1.165, 1.54) is 19.1 Å². The standard InChI is InChI=1S/C15H10ClF5/c1-8-5-13(18)11(7-12(8)17)14(16)9-3-2-4-10(6-9)15(19,20)21/h2-7,14H,1H3. The normalized spacial score (nSPS) is 13.3. The van der Waals surface area contributed by atoms with Crippen LogP contribution in [-0.4, -0.2) is 0 Å². The second-order valence-electron chi connectivity index (χ2n) is 4.61. The Labute approximate surface area is 123 Å². The third kappa shape index (κ3) is 3.35. The number of rotatable bonds is 2. The lowest BCUT2D eigenvalue weighted by Crippen LogP contribution is -2.06. The molecule has 0 nitrogen and oxygen atoms in total. The van der Waals surface area contributed by atoms with Crippen LogP contribution in [0.3, 0.4) is 0 Å². The molecular formula is C15H10ClF5. The van der Waals surface area contributed by atoms with Crippen LogP contribution in [0.2, 0.25) is 0 Å². The molecule has 0 saturated carbocycles. The molecule has 0 bridgehead atoms. The highest BCUT2D eigenvalue weighted by Gasteiger charge is 2.31. The van der Waals surface area contributed by atoms with Crippen molar-refractivity contribution in [1.82, 2.24) is 0 Å². The average molecular weight is 321 g/mol. The maximum atomic E-state index is 13.8. The molecule has 1 unspecified atom stereocenters. The molecule has 2 rings (SSSR count). The molecule has 0 amide bonds. The minimum atomic E-state index is -4.52. The third-order valence-electron chi connectivity index (χ3n) is 3.06. The first kappa shape index (κ1) is 15.8. The van der Waals surface area contributed by atoms with Gasteiger partial charge in [0, 0.05) is 5.56 Å². The van der Waals surface area contributed by atoms with Crippen LogP contribution in [0.1, 0.15) is 27.6 Å². The summed E-state index contributed by atoms with van der Waals surface area (Å²) in [5.74, 6) is -1.42. The van der Waals surface area contributed by atoms with Crippen molar-refractivity contribution < 1.29 is 22.0 Å². The van der Waals surface area contributed by atoms with Crippen molar-refractivity contribution in [2.75, 3.05) is 0 Å². The van der Waals surface area contributed by atoms with E-state index in [0.717, 1.165) is 24.3 Å². The Morgan fingerprint density at radius 2 is 1.67 bits per heavy atom. The van der Waals surface area contributed by atoms with Gasteiger partial charge in [-0.3, -0.25) is 0 Å². The molecule has 1 atom stereocenters.